The van der Waals surface area contributed by atoms with Crippen LogP contribution in [-0.4, -0.2) is 38.1 Å². The van der Waals surface area contributed by atoms with Gasteiger partial charge in [-0.3, -0.25) is 0 Å². The maximum Gasteiger partial charge on any atom is 0.0755 e. The molecule has 28 heavy (non-hydrogen) atoms. The molecule has 4 N–H and O–H groups in total. The smallest absolute Gasteiger partial charge is 0.0755 e. The number of hydrogen-bond donors (Lipinski definition) is 2. The van der Waals surface area contributed by atoms with Crippen LogP contribution in [0.5, 0.6) is 0 Å². The maximum absolute atomic E-state index is 9.77. The van der Waals surface area contributed by atoms with E-state index in [1.807, 2.05) is 0 Å². The number of aliphatic carboxylic acids is 2. The van der Waals surface area contributed by atoms with E-state index < -0.39 is 11.9 Å². The highest BCUT2D eigenvalue weighted by Gasteiger charge is 1.89. The second-order valence-electron chi connectivity index (χ2n) is 7.10. The van der Waals surface area contributed by atoms with Crippen molar-refractivity contribution >= 4 is 11.9 Å². The Kier molecular flexibility index (Phi) is 34.5. The molecule has 6 heteroatoms. The van der Waals surface area contributed by atoms with Gasteiger partial charge in [0, 0.05) is 11.9 Å². The molecule has 0 aliphatic carbocycles. The van der Waals surface area contributed by atoms with E-state index in [1.165, 1.54) is 77.5 Å². The number of hydrogen-bond acceptors (Lipinski definition) is 4. The minimum Gasteiger partial charge on any atom is -0.550 e. The molecule has 0 aromatic carbocycles. The first-order valence-electron chi connectivity index (χ1n) is 11.5. The molecule has 170 valence electrons. The molecule has 0 atom stereocenters. The van der Waals surface area contributed by atoms with E-state index in [2.05, 4.69) is 38.3 Å². The number of unbranched alkanes of at least 4 members (excludes halogenated alkanes) is 5. The lowest BCUT2D eigenvalue weighted by atomic mass is 10.2. The van der Waals surface area contributed by atoms with Gasteiger partial charge in [-0.2, -0.15) is 0 Å². The predicted molar refractivity (Wildman–Crippen MR) is 111 cm³/mol. The number of carboxylic acids is 2. The van der Waals surface area contributed by atoms with Gasteiger partial charge >= 0.3 is 0 Å². The highest BCUT2D eigenvalue weighted by atomic mass is 16.4. The largest absolute Gasteiger partial charge is 0.550 e. The van der Waals surface area contributed by atoms with Gasteiger partial charge in [-0.05, 0) is 51.4 Å². The van der Waals surface area contributed by atoms with Crippen LogP contribution < -0.4 is 20.8 Å². The molecular formula is C22H48N2O4. The van der Waals surface area contributed by atoms with Crippen molar-refractivity contribution in [2.45, 2.75) is 105 Å². The van der Waals surface area contributed by atoms with Crippen LogP contribution in [0.15, 0.2) is 0 Å². The zero-order valence-corrected chi connectivity index (χ0v) is 19.1. The van der Waals surface area contributed by atoms with Gasteiger partial charge in [0.15, 0.2) is 0 Å². The van der Waals surface area contributed by atoms with E-state index in [0.717, 1.165) is 0 Å². The van der Waals surface area contributed by atoms with E-state index >= 15 is 0 Å². The number of nitrogens with two attached hydrogens (primary N) is 2. The molecule has 0 bridgehead atoms. The summed E-state index contributed by atoms with van der Waals surface area (Å²) in [7, 11) is 0. The number of quaternary nitrogens is 2. The van der Waals surface area contributed by atoms with Gasteiger partial charge in [-0.25, -0.2) is 0 Å². The Morgan fingerprint density at radius 3 is 0.964 bits per heavy atom. The molecule has 0 fully saturated rings. The predicted octanol–water partition coefficient (Wildman–Crippen LogP) is 0.347. The van der Waals surface area contributed by atoms with Gasteiger partial charge < -0.3 is 30.4 Å². The van der Waals surface area contributed by atoms with Crippen LogP contribution in [-0.2, 0) is 9.59 Å². The first-order chi connectivity index (χ1) is 13.5. The Morgan fingerprint density at radius 2 is 0.786 bits per heavy atom. The first-order valence-corrected chi connectivity index (χ1v) is 11.5. The van der Waals surface area contributed by atoms with Crippen molar-refractivity contribution in [2.75, 3.05) is 26.2 Å². The fourth-order valence-electron chi connectivity index (χ4n) is 2.22. The Morgan fingerprint density at radius 1 is 0.536 bits per heavy atom. The fraction of sp³-hybridized carbons (Fsp3) is 0.909. The number of carbonyl (C=O) groups is 2. The lowest BCUT2D eigenvalue weighted by Crippen LogP contribution is -2.84. The number of carboxylic acid groups (broad SMARTS) is 2. The molecule has 0 unspecified atom stereocenters. The summed E-state index contributed by atoms with van der Waals surface area (Å²) < 4.78 is 0. The minimum absolute atomic E-state index is 0.0761. The lowest BCUT2D eigenvalue weighted by molar-refractivity contribution is -0.655. The van der Waals surface area contributed by atoms with Crippen LogP contribution in [0.2, 0.25) is 0 Å². The molecular weight excluding hydrogens is 356 g/mol. The van der Waals surface area contributed by atoms with Gasteiger partial charge in [-0.15, -0.1) is 0 Å². The summed E-state index contributed by atoms with van der Waals surface area (Å²) in [4.78, 5) is 19.5. The highest BCUT2D eigenvalue weighted by Crippen LogP contribution is 1.96. The van der Waals surface area contributed by atoms with Crippen molar-refractivity contribution in [1.82, 2.24) is 0 Å². The molecule has 0 rings (SSSR count). The van der Waals surface area contributed by atoms with E-state index in [4.69, 9.17) is 0 Å². The second-order valence-corrected chi connectivity index (χ2v) is 7.10. The van der Waals surface area contributed by atoms with Gasteiger partial charge in [0.05, 0.1) is 26.2 Å². The third-order valence-electron chi connectivity index (χ3n) is 4.06. The third kappa shape index (κ3) is 44.4. The van der Waals surface area contributed by atoms with Gasteiger partial charge in [0.25, 0.3) is 0 Å². The Hall–Kier alpha value is -1.14. The molecule has 0 saturated heterocycles. The summed E-state index contributed by atoms with van der Waals surface area (Å²) in [6.07, 6.45) is 11.4. The summed E-state index contributed by atoms with van der Waals surface area (Å²) in [6.45, 7) is 14.3. The topological polar surface area (TPSA) is 113 Å². The van der Waals surface area contributed by atoms with Crippen molar-refractivity contribution < 1.29 is 30.4 Å². The van der Waals surface area contributed by atoms with Crippen LogP contribution in [0.25, 0.3) is 0 Å². The van der Waals surface area contributed by atoms with Gasteiger partial charge in [-0.1, -0.05) is 53.4 Å². The van der Waals surface area contributed by atoms with Crippen LogP contribution >= 0.6 is 0 Å². The molecule has 0 spiro atoms. The maximum atomic E-state index is 9.77. The molecule has 0 aromatic heterocycles. The van der Waals surface area contributed by atoms with Crippen molar-refractivity contribution in [3.05, 3.63) is 0 Å². The van der Waals surface area contributed by atoms with Crippen molar-refractivity contribution in [3.8, 4) is 0 Å². The number of rotatable bonds is 17. The summed E-state index contributed by atoms with van der Waals surface area (Å²) in [5, 5.41) is 24.4. The minimum atomic E-state index is -1.14. The van der Waals surface area contributed by atoms with E-state index in [1.54, 1.807) is 0 Å². The van der Waals surface area contributed by atoms with Gasteiger partial charge in [0.2, 0.25) is 0 Å². The summed E-state index contributed by atoms with van der Waals surface area (Å²) >= 11 is 0. The SMILES string of the molecule is CCCC[NH2+]CCCC.CCCC[NH2+]CCCC.O=C([O-])CCCCC(=O)[O-]. The Balaban J connectivity index is -0.000000336. The standard InChI is InChI=1S/2C8H19N.C6H10O4/c2*1-3-5-7-9-8-6-4-2;7-5(8)3-1-2-4-6(9)10/h2*9H,3-8H2,1-2H3;1-4H2,(H,7,8)(H,9,10). The molecule has 0 aliphatic heterocycles. The molecule has 0 saturated carbocycles. The van der Waals surface area contributed by atoms with Crippen LogP contribution in [0.4, 0.5) is 0 Å². The van der Waals surface area contributed by atoms with Crippen molar-refractivity contribution in [3.63, 3.8) is 0 Å². The molecule has 0 amide bonds. The van der Waals surface area contributed by atoms with E-state index in [-0.39, 0.29) is 12.8 Å². The molecule has 0 heterocycles. The molecule has 0 aromatic rings. The molecule has 0 aliphatic rings. The first kappa shape index (κ1) is 31.6. The van der Waals surface area contributed by atoms with Crippen LogP contribution in [0, 0.1) is 0 Å². The highest BCUT2D eigenvalue weighted by molar-refractivity contribution is 5.65. The van der Waals surface area contributed by atoms with E-state index in [9.17, 15) is 19.8 Å². The zero-order valence-electron chi connectivity index (χ0n) is 19.1. The van der Waals surface area contributed by atoms with Crippen LogP contribution in [0.1, 0.15) is 105 Å². The fourth-order valence-corrected chi connectivity index (χ4v) is 2.22. The average molecular weight is 405 g/mol. The average Bonchev–Trinajstić information content (AvgIpc) is 2.66. The number of carbonyl (C=O) groups excluding carboxylic acids is 2. The zero-order chi connectivity index (χ0) is 21.9. The van der Waals surface area contributed by atoms with E-state index in [0.29, 0.717) is 12.8 Å². The third-order valence-corrected chi connectivity index (χ3v) is 4.06. The molecule has 0 radical (unpaired) electrons. The summed E-state index contributed by atoms with van der Waals surface area (Å²) in [5.74, 6) is -2.28. The monoisotopic (exact) mass is 404 g/mol. The quantitative estimate of drug-likeness (QED) is 0.340. The van der Waals surface area contributed by atoms with Crippen molar-refractivity contribution in [1.29, 1.82) is 0 Å². The second kappa shape index (κ2) is 30.6. The lowest BCUT2D eigenvalue weighted by Gasteiger charge is -2.01. The molecule has 6 nitrogen and oxygen atoms in total. The van der Waals surface area contributed by atoms with Crippen LogP contribution in [0.3, 0.4) is 0 Å². The van der Waals surface area contributed by atoms with Crippen molar-refractivity contribution in [2.24, 2.45) is 0 Å². The Labute approximate surface area is 173 Å². The van der Waals surface area contributed by atoms with Gasteiger partial charge in [0.1, 0.15) is 0 Å². The summed E-state index contributed by atoms with van der Waals surface area (Å²) in [5.41, 5.74) is 0. The summed E-state index contributed by atoms with van der Waals surface area (Å²) in [6, 6.07) is 0. The Bertz CT molecular complexity index is 271. The normalized spacial score (nSPS) is 9.71.